The Balaban J connectivity index is -0.000000281. The standard InChI is InChI=1S/3C5H6N2.3C2H6/c1-5-4-6-2-3-7-5;1-5-6-3-2-4-7-5;1-5-3-2-4-6-7-5;3*1-2/h3*2-4H,1H3;3*1-2H3. The normalized spacial score (nSPS) is 7.44. The van der Waals surface area contributed by atoms with E-state index in [2.05, 4.69) is 30.1 Å². The van der Waals surface area contributed by atoms with E-state index in [1.54, 1.807) is 43.2 Å². The molecule has 0 fully saturated rings. The highest BCUT2D eigenvalue weighted by Gasteiger charge is 1.76. The van der Waals surface area contributed by atoms with E-state index in [1.165, 1.54) is 0 Å². The molecule has 0 aliphatic carbocycles. The van der Waals surface area contributed by atoms with Gasteiger partial charge in [-0.15, -0.1) is 0 Å². The third-order valence-electron chi connectivity index (χ3n) is 2.09. The van der Waals surface area contributed by atoms with E-state index in [9.17, 15) is 0 Å². The first-order chi connectivity index (χ1) is 13.2. The molecule has 3 aromatic heterocycles. The van der Waals surface area contributed by atoms with Crippen molar-refractivity contribution in [1.82, 2.24) is 30.1 Å². The average Bonchev–Trinajstić information content (AvgIpc) is 2.75. The zero-order valence-corrected chi connectivity index (χ0v) is 18.4. The summed E-state index contributed by atoms with van der Waals surface area (Å²) in [4.78, 5) is 15.5. The van der Waals surface area contributed by atoms with Gasteiger partial charge < -0.3 is 0 Å². The van der Waals surface area contributed by atoms with Crippen molar-refractivity contribution in [3.8, 4) is 0 Å². The van der Waals surface area contributed by atoms with Gasteiger partial charge in [-0.1, -0.05) is 41.5 Å². The predicted octanol–water partition coefficient (Wildman–Crippen LogP) is 5.43. The fourth-order valence-electron chi connectivity index (χ4n) is 1.13. The molecule has 0 saturated carbocycles. The second-order valence-corrected chi connectivity index (χ2v) is 4.01. The van der Waals surface area contributed by atoms with Crippen LogP contribution in [0.3, 0.4) is 0 Å². The predicted molar refractivity (Wildman–Crippen MR) is 114 cm³/mol. The van der Waals surface area contributed by atoms with Gasteiger partial charge in [0.05, 0.1) is 11.4 Å². The Kier molecular flexibility index (Phi) is 27.4. The van der Waals surface area contributed by atoms with Gasteiger partial charge in [0.1, 0.15) is 5.82 Å². The highest BCUT2D eigenvalue weighted by atomic mass is 15.1. The summed E-state index contributed by atoms with van der Waals surface area (Å²) in [5.74, 6) is 0.822. The van der Waals surface area contributed by atoms with Crippen LogP contribution in [-0.2, 0) is 0 Å². The van der Waals surface area contributed by atoms with Crippen LogP contribution < -0.4 is 0 Å². The molecule has 0 unspecified atom stereocenters. The number of rotatable bonds is 0. The van der Waals surface area contributed by atoms with Crippen molar-refractivity contribution in [3.63, 3.8) is 0 Å². The summed E-state index contributed by atoms with van der Waals surface area (Å²) in [5.41, 5.74) is 1.92. The lowest BCUT2D eigenvalue weighted by Gasteiger charge is -1.81. The van der Waals surface area contributed by atoms with E-state index in [1.807, 2.05) is 74.4 Å². The second kappa shape index (κ2) is 25.5. The number of aromatic nitrogens is 6. The summed E-state index contributed by atoms with van der Waals surface area (Å²) in [6.45, 7) is 17.7. The lowest BCUT2D eigenvalue weighted by Crippen LogP contribution is -1.80. The average molecular weight is 373 g/mol. The SMILES string of the molecule is CC.CC.CC.Cc1cccnn1.Cc1cnccn1.Cc1ncccn1. The maximum atomic E-state index is 3.92. The van der Waals surface area contributed by atoms with Crippen LogP contribution in [0.4, 0.5) is 0 Å². The van der Waals surface area contributed by atoms with E-state index in [0.29, 0.717) is 0 Å². The highest BCUT2D eigenvalue weighted by molar-refractivity contribution is 4.94. The van der Waals surface area contributed by atoms with Gasteiger partial charge in [0, 0.05) is 37.2 Å². The van der Waals surface area contributed by atoms with Crippen LogP contribution in [0.25, 0.3) is 0 Å². The zero-order chi connectivity index (χ0) is 21.3. The van der Waals surface area contributed by atoms with Gasteiger partial charge in [-0.25, -0.2) is 9.97 Å². The Morgan fingerprint density at radius 2 is 1.19 bits per heavy atom. The third-order valence-corrected chi connectivity index (χ3v) is 2.09. The summed E-state index contributed by atoms with van der Waals surface area (Å²) in [6.07, 6.45) is 10.2. The summed E-state index contributed by atoms with van der Waals surface area (Å²) >= 11 is 0. The maximum Gasteiger partial charge on any atom is 0.125 e. The zero-order valence-electron chi connectivity index (χ0n) is 18.4. The van der Waals surface area contributed by atoms with Crippen molar-refractivity contribution >= 4 is 0 Å². The molecule has 0 amide bonds. The molecule has 0 atom stereocenters. The minimum atomic E-state index is 0.822. The van der Waals surface area contributed by atoms with Gasteiger partial charge in [-0.3, -0.25) is 9.97 Å². The van der Waals surface area contributed by atoms with Gasteiger partial charge in [0.25, 0.3) is 0 Å². The van der Waals surface area contributed by atoms with Gasteiger partial charge in [0.15, 0.2) is 0 Å². The Bertz CT molecular complexity index is 500. The van der Waals surface area contributed by atoms with E-state index in [4.69, 9.17) is 0 Å². The molecule has 0 aromatic carbocycles. The van der Waals surface area contributed by atoms with Crippen LogP contribution in [-0.4, -0.2) is 30.1 Å². The molecule has 0 spiro atoms. The number of aryl methyl sites for hydroxylation is 3. The Morgan fingerprint density at radius 3 is 1.41 bits per heavy atom. The number of hydrogen-bond acceptors (Lipinski definition) is 6. The van der Waals surface area contributed by atoms with Gasteiger partial charge >= 0.3 is 0 Å². The van der Waals surface area contributed by atoms with E-state index in [-0.39, 0.29) is 0 Å². The minimum Gasteiger partial charge on any atom is -0.261 e. The molecule has 6 nitrogen and oxygen atoms in total. The molecular formula is C21H36N6. The molecule has 6 heteroatoms. The van der Waals surface area contributed by atoms with Crippen LogP contribution >= 0.6 is 0 Å². The molecule has 3 heterocycles. The van der Waals surface area contributed by atoms with E-state index >= 15 is 0 Å². The molecule has 0 bridgehead atoms. The van der Waals surface area contributed by atoms with Gasteiger partial charge in [-0.2, -0.15) is 10.2 Å². The summed E-state index contributed by atoms with van der Waals surface area (Å²) in [7, 11) is 0. The van der Waals surface area contributed by atoms with Crippen LogP contribution in [0.2, 0.25) is 0 Å². The first kappa shape index (κ1) is 29.0. The van der Waals surface area contributed by atoms with Crippen LogP contribution in [0, 0.1) is 20.8 Å². The van der Waals surface area contributed by atoms with Crippen molar-refractivity contribution in [3.05, 3.63) is 72.6 Å². The molecule has 0 radical (unpaired) electrons. The summed E-state index contributed by atoms with van der Waals surface area (Å²) in [5, 5.41) is 7.36. The quantitative estimate of drug-likeness (QED) is 0.523. The molecule has 3 rings (SSSR count). The molecule has 0 aliphatic heterocycles. The van der Waals surface area contributed by atoms with Crippen molar-refractivity contribution in [2.75, 3.05) is 0 Å². The third kappa shape index (κ3) is 23.2. The van der Waals surface area contributed by atoms with Crippen molar-refractivity contribution in [2.24, 2.45) is 0 Å². The van der Waals surface area contributed by atoms with Crippen molar-refractivity contribution in [1.29, 1.82) is 0 Å². The Hall–Kier alpha value is -2.76. The topological polar surface area (TPSA) is 77.3 Å². The molecule has 0 saturated heterocycles. The smallest absolute Gasteiger partial charge is 0.125 e. The summed E-state index contributed by atoms with van der Waals surface area (Å²) in [6, 6.07) is 5.57. The highest BCUT2D eigenvalue weighted by Crippen LogP contribution is 1.82. The van der Waals surface area contributed by atoms with E-state index < -0.39 is 0 Å². The lowest BCUT2D eigenvalue weighted by molar-refractivity contribution is 0.980. The number of nitrogens with zero attached hydrogens (tertiary/aromatic N) is 6. The Labute approximate surface area is 165 Å². The Morgan fingerprint density at radius 1 is 0.593 bits per heavy atom. The lowest BCUT2D eigenvalue weighted by atomic mass is 10.4. The molecule has 0 N–H and O–H groups in total. The first-order valence-corrected chi connectivity index (χ1v) is 9.39. The molecule has 27 heavy (non-hydrogen) atoms. The maximum absolute atomic E-state index is 3.92. The fourth-order valence-corrected chi connectivity index (χ4v) is 1.13. The largest absolute Gasteiger partial charge is 0.261 e. The first-order valence-electron chi connectivity index (χ1n) is 9.39. The molecule has 150 valence electrons. The van der Waals surface area contributed by atoms with Crippen LogP contribution in [0.5, 0.6) is 0 Å². The summed E-state index contributed by atoms with van der Waals surface area (Å²) < 4.78 is 0. The second-order valence-electron chi connectivity index (χ2n) is 4.01. The molecule has 0 aliphatic rings. The van der Waals surface area contributed by atoms with E-state index in [0.717, 1.165) is 17.2 Å². The van der Waals surface area contributed by atoms with Crippen molar-refractivity contribution < 1.29 is 0 Å². The number of hydrogen-bond donors (Lipinski definition) is 0. The molecule has 3 aromatic rings. The van der Waals surface area contributed by atoms with Gasteiger partial charge in [0.2, 0.25) is 0 Å². The minimum absolute atomic E-state index is 0.822. The molecular weight excluding hydrogens is 336 g/mol. The van der Waals surface area contributed by atoms with Gasteiger partial charge in [-0.05, 0) is 39.0 Å². The fraction of sp³-hybridized carbons (Fsp3) is 0.429. The van der Waals surface area contributed by atoms with Crippen molar-refractivity contribution in [2.45, 2.75) is 62.3 Å². The monoisotopic (exact) mass is 372 g/mol. The van der Waals surface area contributed by atoms with Crippen LogP contribution in [0.1, 0.15) is 58.8 Å². The van der Waals surface area contributed by atoms with Crippen LogP contribution in [0.15, 0.2) is 55.4 Å².